The summed E-state index contributed by atoms with van der Waals surface area (Å²) in [6, 6.07) is 11.4. The molecule has 0 aliphatic heterocycles. The van der Waals surface area contributed by atoms with Gasteiger partial charge in [-0.3, -0.25) is 10.1 Å². The molecule has 26 heavy (non-hydrogen) atoms. The maximum Gasteiger partial charge on any atom is 0.273 e. The minimum absolute atomic E-state index is 0.251. The fourth-order valence-corrected chi connectivity index (χ4v) is 3.83. The number of anilines is 1. The summed E-state index contributed by atoms with van der Waals surface area (Å²) >= 11 is 1.45. The van der Waals surface area contributed by atoms with Crippen molar-refractivity contribution < 1.29 is 14.3 Å². The molecule has 2 heterocycles. The molecule has 0 atom stereocenters. The Balaban J connectivity index is 1.68. The number of fused-ring (bicyclic) bond motifs is 2. The molecule has 6 nitrogen and oxygen atoms in total. The first-order chi connectivity index (χ1) is 12.6. The van der Waals surface area contributed by atoms with Crippen LogP contribution in [0.2, 0.25) is 0 Å². The monoisotopic (exact) mass is 367 g/mol. The number of ether oxygens (including phenoxy) is 2. The van der Waals surface area contributed by atoms with Crippen molar-refractivity contribution in [3.8, 4) is 11.5 Å². The van der Waals surface area contributed by atoms with Crippen LogP contribution in [-0.4, -0.2) is 30.1 Å². The van der Waals surface area contributed by atoms with Crippen LogP contribution in [0.3, 0.4) is 0 Å². The van der Waals surface area contributed by atoms with Crippen molar-refractivity contribution in [2.24, 2.45) is 0 Å². The molecular formula is C19H17N3O3S. The molecule has 1 amide bonds. The number of hydrogen-bond donors (Lipinski definition) is 2. The van der Waals surface area contributed by atoms with Gasteiger partial charge in [-0.05, 0) is 30.7 Å². The van der Waals surface area contributed by atoms with E-state index in [2.05, 4.69) is 15.3 Å². The molecule has 0 spiro atoms. The Morgan fingerprint density at radius 1 is 1.19 bits per heavy atom. The first-order valence-corrected chi connectivity index (χ1v) is 8.83. The molecule has 0 aliphatic rings. The third-order valence-electron chi connectivity index (χ3n) is 4.21. The summed E-state index contributed by atoms with van der Waals surface area (Å²) in [5.41, 5.74) is 3.18. The molecule has 0 radical (unpaired) electrons. The highest BCUT2D eigenvalue weighted by molar-refractivity contribution is 7.22. The van der Waals surface area contributed by atoms with Gasteiger partial charge in [0.25, 0.3) is 5.91 Å². The molecule has 0 unspecified atom stereocenters. The van der Waals surface area contributed by atoms with E-state index in [0.717, 1.165) is 26.7 Å². The molecule has 2 aromatic carbocycles. The number of amides is 1. The van der Waals surface area contributed by atoms with Crippen LogP contribution in [0, 0.1) is 6.92 Å². The number of aromatic amines is 1. The fraction of sp³-hybridized carbons (Fsp3) is 0.158. The number of hydrogen-bond acceptors (Lipinski definition) is 5. The summed E-state index contributed by atoms with van der Waals surface area (Å²) in [5.74, 6) is 1.04. The van der Waals surface area contributed by atoms with Gasteiger partial charge in [0.15, 0.2) is 5.13 Å². The van der Waals surface area contributed by atoms with Crippen LogP contribution in [-0.2, 0) is 0 Å². The Kier molecular flexibility index (Phi) is 4.00. The standard InChI is InChI=1S/C19H17N3O3S/c1-10-5-4-6-15-16(10)21-19(26-15)22-18(23)13-8-11-7-12(24-2)9-14(25-3)17(11)20-13/h4-9,20H,1-3H3,(H,21,22,23). The van der Waals surface area contributed by atoms with Gasteiger partial charge >= 0.3 is 0 Å². The minimum atomic E-state index is -0.251. The van der Waals surface area contributed by atoms with E-state index in [1.165, 1.54) is 11.3 Å². The summed E-state index contributed by atoms with van der Waals surface area (Å²) in [7, 11) is 3.17. The normalized spacial score (nSPS) is 11.0. The van der Waals surface area contributed by atoms with Crippen molar-refractivity contribution in [2.45, 2.75) is 6.92 Å². The van der Waals surface area contributed by atoms with Crippen LogP contribution in [0.4, 0.5) is 5.13 Å². The van der Waals surface area contributed by atoms with E-state index in [1.807, 2.05) is 31.2 Å². The quantitative estimate of drug-likeness (QED) is 0.562. The number of aryl methyl sites for hydroxylation is 1. The molecule has 0 saturated heterocycles. The van der Waals surface area contributed by atoms with Crippen molar-refractivity contribution in [3.63, 3.8) is 0 Å². The molecule has 7 heteroatoms. The number of carbonyl (C=O) groups is 1. The Morgan fingerprint density at radius 2 is 2.04 bits per heavy atom. The predicted molar refractivity (Wildman–Crippen MR) is 104 cm³/mol. The Labute approximate surface area is 153 Å². The van der Waals surface area contributed by atoms with Crippen molar-refractivity contribution in [2.75, 3.05) is 19.5 Å². The molecule has 4 aromatic rings. The molecule has 0 bridgehead atoms. The number of thiazole rings is 1. The lowest BCUT2D eigenvalue weighted by molar-refractivity contribution is 0.102. The van der Waals surface area contributed by atoms with Crippen molar-refractivity contribution in [1.82, 2.24) is 9.97 Å². The van der Waals surface area contributed by atoms with Crippen LogP contribution in [0.25, 0.3) is 21.1 Å². The zero-order chi connectivity index (χ0) is 18.3. The van der Waals surface area contributed by atoms with Crippen molar-refractivity contribution >= 4 is 43.5 Å². The molecule has 2 aromatic heterocycles. The molecule has 132 valence electrons. The number of rotatable bonds is 4. The highest BCUT2D eigenvalue weighted by atomic mass is 32.1. The highest BCUT2D eigenvalue weighted by Crippen LogP contribution is 2.32. The van der Waals surface area contributed by atoms with E-state index in [-0.39, 0.29) is 5.91 Å². The summed E-state index contributed by atoms with van der Waals surface area (Å²) in [5, 5.41) is 4.28. The summed E-state index contributed by atoms with van der Waals surface area (Å²) in [4.78, 5) is 20.3. The third kappa shape index (κ3) is 2.76. The lowest BCUT2D eigenvalue weighted by Crippen LogP contribution is -2.11. The number of nitrogens with zero attached hydrogens (tertiary/aromatic N) is 1. The van der Waals surface area contributed by atoms with Gasteiger partial charge in [0.2, 0.25) is 0 Å². The zero-order valence-electron chi connectivity index (χ0n) is 14.5. The second-order valence-corrected chi connectivity index (χ2v) is 6.90. The lowest BCUT2D eigenvalue weighted by atomic mass is 10.2. The molecule has 0 aliphatic carbocycles. The molecule has 2 N–H and O–H groups in total. The van der Waals surface area contributed by atoms with Gasteiger partial charge in [-0.2, -0.15) is 0 Å². The number of carbonyl (C=O) groups excluding carboxylic acids is 1. The minimum Gasteiger partial charge on any atom is -0.497 e. The van der Waals surface area contributed by atoms with E-state index in [4.69, 9.17) is 9.47 Å². The van der Waals surface area contributed by atoms with E-state index in [1.54, 1.807) is 26.4 Å². The van der Waals surface area contributed by atoms with Crippen LogP contribution < -0.4 is 14.8 Å². The van der Waals surface area contributed by atoms with E-state index >= 15 is 0 Å². The van der Waals surface area contributed by atoms with Gasteiger partial charge in [0.1, 0.15) is 17.2 Å². The summed E-state index contributed by atoms with van der Waals surface area (Å²) in [6.45, 7) is 2.00. The Hall–Kier alpha value is -3.06. The average Bonchev–Trinajstić information content (AvgIpc) is 3.25. The van der Waals surface area contributed by atoms with Gasteiger partial charge < -0.3 is 14.5 Å². The number of benzene rings is 2. The van der Waals surface area contributed by atoms with Crippen LogP contribution in [0.15, 0.2) is 36.4 Å². The van der Waals surface area contributed by atoms with Gasteiger partial charge in [-0.15, -0.1) is 0 Å². The number of aromatic nitrogens is 2. The van der Waals surface area contributed by atoms with Crippen molar-refractivity contribution in [1.29, 1.82) is 0 Å². The number of nitrogens with one attached hydrogen (secondary N) is 2. The maximum absolute atomic E-state index is 12.7. The van der Waals surface area contributed by atoms with Gasteiger partial charge in [-0.1, -0.05) is 23.5 Å². The SMILES string of the molecule is COc1cc(OC)c2[nH]c(C(=O)Nc3nc4c(C)cccc4s3)cc2c1. The Morgan fingerprint density at radius 3 is 2.77 bits per heavy atom. The molecular weight excluding hydrogens is 350 g/mol. The second kappa shape index (κ2) is 6.34. The Bertz CT molecular complexity index is 1130. The van der Waals surface area contributed by atoms with Crippen LogP contribution in [0.5, 0.6) is 11.5 Å². The summed E-state index contributed by atoms with van der Waals surface area (Å²) in [6.07, 6.45) is 0. The largest absolute Gasteiger partial charge is 0.497 e. The highest BCUT2D eigenvalue weighted by Gasteiger charge is 2.15. The first-order valence-electron chi connectivity index (χ1n) is 8.01. The van der Waals surface area contributed by atoms with Crippen LogP contribution in [0.1, 0.15) is 16.1 Å². The number of para-hydroxylation sites is 1. The summed E-state index contributed by atoms with van der Waals surface area (Å²) < 4.78 is 11.7. The molecule has 4 rings (SSSR count). The number of H-pyrrole nitrogens is 1. The van der Waals surface area contributed by atoms with Crippen LogP contribution >= 0.6 is 11.3 Å². The van der Waals surface area contributed by atoms with Crippen molar-refractivity contribution in [3.05, 3.63) is 47.7 Å². The third-order valence-corrected chi connectivity index (χ3v) is 5.14. The van der Waals surface area contributed by atoms with Gasteiger partial charge in [0.05, 0.1) is 30.0 Å². The smallest absolute Gasteiger partial charge is 0.273 e. The average molecular weight is 367 g/mol. The first kappa shape index (κ1) is 16.4. The fourth-order valence-electron chi connectivity index (χ4n) is 2.89. The zero-order valence-corrected chi connectivity index (χ0v) is 15.4. The van der Waals surface area contributed by atoms with Gasteiger partial charge in [-0.25, -0.2) is 4.98 Å². The topological polar surface area (TPSA) is 76.2 Å². The molecule has 0 saturated carbocycles. The second-order valence-electron chi connectivity index (χ2n) is 5.87. The predicted octanol–water partition coefficient (Wildman–Crippen LogP) is 4.36. The van der Waals surface area contributed by atoms with Gasteiger partial charge in [0, 0.05) is 11.5 Å². The van der Waals surface area contributed by atoms with E-state index in [9.17, 15) is 4.79 Å². The maximum atomic E-state index is 12.7. The number of methoxy groups -OCH3 is 2. The molecule has 0 fully saturated rings. The lowest BCUT2D eigenvalue weighted by Gasteiger charge is -2.05. The van der Waals surface area contributed by atoms with E-state index < -0.39 is 0 Å². The van der Waals surface area contributed by atoms with E-state index in [0.29, 0.717) is 22.3 Å².